The molecule has 0 bridgehead atoms. The van der Waals surface area contributed by atoms with Crippen LogP contribution < -0.4 is 0 Å². The first-order valence-electron chi connectivity index (χ1n) is 7.05. The minimum Gasteiger partial charge on any atom is -0.453 e. The molecule has 3 rings (SSSR count). The number of hydrogen-bond donors (Lipinski definition) is 0. The van der Waals surface area contributed by atoms with Gasteiger partial charge in [0.1, 0.15) is 11.6 Å². The van der Waals surface area contributed by atoms with Crippen LogP contribution in [0, 0.1) is 11.6 Å². The molecule has 0 radical (unpaired) electrons. The van der Waals surface area contributed by atoms with Crippen LogP contribution in [0.15, 0.2) is 18.2 Å². The third-order valence-electron chi connectivity index (χ3n) is 3.86. The molecule has 6 heteroatoms. The predicted octanol–water partition coefficient (Wildman–Crippen LogP) is 2.81. The fourth-order valence-electron chi connectivity index (χ4n) is 2.83. The number of rotatable bonds is 2. The van der Waals surface area contributed by atoms with Crippen molar-refractivity contribution < 1.29 is 27.8 Å². The van der Waals surface area contributed by atoms with Gasteiger partial charge < -0.3 is 14.2 Å². The second-order valence-electron chi connectivity index (χ2n) is 5.27. The van der Waals surface area contributed by atoms with Crippen molar-refractivity contribution in [3.8, 4) is 0 Å². The van der Waals surface area contributed by atoms with Crippen LogP contribution in [0.3, 0.4) is 0 Å². The Hall–Kier alpha value is -1.53. The van der Waals surface area contributed by atoms with E-state index in [-0.39, 0.29) is 5.56 Å². The van der Waals surface area contributed by atoms with Crippen LogP contribution in [0.1, 0.15) is 36.0 Å². The van der Waals surface area contributed by atoms with Crippen LogP contribution in [0.25, 0.3) is 0 Å². The van der Waals surface area contributed by atoms with Crippen molar-refractivity contribution >= 4 is 5.97 Å². The van der Waals surface area contributed by atoms with Crippen molar-refractivity contribution in [1.82, 2.24) is 0 Å². The summed E-state index contributed by atoms with van der Waals surface area (Å²) in [6, 6.07) is 2.77. The Kier molecular flexibility index (Phi) is 3.91. The molecule has 0 aromatic heterocycles. The van der Waals surface area contributed by atoms with E-state index >= 15 is 0 Å². The third-order valence-corrected chi connectivity index (χ3v) is 3.86. The number of carbonyl (C=O) groups excluding carboxylic acids is 1. The molecule has 2 fully saturated rings. The van der Waals surface area contributed by atoms with Gasteiger partial charge in [0.2, 0.25) is 5.79 Å². The van der Waals surface area contributed by atoms with Crippen LogP contribution in [0.4, 0.5) is 8.78 Å². The van der Waals surface area contributed by atoms with Crippen molar-refractivity contribution in [1.29, 1.82) is 0 Å². The van der Waals surface area contributed by atoms with E-state index in [2.05, 4.69) is 0 Å². The number of benzene rings is 1. The van der Waals surface area contributed by atoms with E-state index in [1.807, 2.05) is 0 Å². The molecule has 2 unspecified atom stereocenters. The van der Waals surface area contributed by atoms with Crippen molar-refractivity contribution in [3.05, 3.63) is 35.4 Å². The monoisotopic (exact) mass is 298 g/mol. The van der Waals surface area contributed by atoms with Gasteiger partial charge in [-0.1, -0.05) is 0 Å². The van der Waals surface area contributed by atoms with Gasteiger partial charge in [0.25, 0.3) is 0 Å². The molecule has 21 heavy (non-hydrogen) atoms. The molecule has 0 saturated carbocycles. The molecule has 0 N–H and O–H groups in total. The van der Waals surface area contributed by atoms with Gasteiger partial charge >= 0.3 is 5.97 Å². The van der Waals surface area contributed by atoms with Gasteiger partial charge in [-0.15, -0.1) is 0 Å². The average Bonchev–Trinajstić information content (AvgIpc) is 2.90. The number of carbonyl (C=O) groups is 1. The summed E-state index contributed by atoms with van der Waals surface area (Å²) < 4.78 is 43.2. The van der Waals surface area contributed by atoms with Crippen molar-refractivity contribution in [2.24, 2.45) is 0 Å². The van der Waals surface area contributed by atoms with Crippen LogP contribution in [0.2, 0.25) is 0 Å². The number of ether oxygens (including phenoxy) is 3. The Balaban J connectivity index is 1.76. The van der Waals surface area contributed by atoms with E-state index in [9.17, 15) is 13.6 Å². The number of esters is 1. The Morgan fingerprint density at radius 2 is 2.00 bits per heavy atom. The van der Waals surface area contributed by atoms with Gasteiger partial charge in [0, 0.05) is 12.5 Å². The second kappa shape index (κ2) is 5.69. The fraction of sp³-hybridized carbons (Fsp3) is 0.533. The lowest BCUT2D eigenvalue weighted by Crippen LogP contribution is -2.50. The number of hydrogen-bond acceptors (Lipinski definition) is 4. The van der Waals surface area contributed by atoms with Crippen molar-refractivity contribution in [3.63, 3.8) is 0 Å². The van der Waals surface area contributed by atoms with E-state index in [0.717, 1.165) is 25.0 Å². The normalized spacial score (nSPS) is 28.8. The molecule has 2 atom stereocenters. The fourth-order valence-corrected chi connectivity index (χ4v) is 2.83. The van der Waals surface area contributed by atoms with Gasteiger partial charge in [-0.05, 0) is 31.4 Å². The second-order valence-corrected chi connectivity index (χ2v) is 5.27. The predicted molar refractivity (Wildman–Crippen MR) is 68.7 cm³/mol. The topological polar surface area (TPSA) is 44.8 Å². The molecule has 2 aliphatic heterocycles. The molecular formula is C15H16F2O4. The van der Waals surface area contributed by atoms with Crippen molar-refractivity contribution in [2.45, 2.75) is 37.6 Å². The summed E-state index contributed by atoms with van der Waals surface area (Å²) in [7, 11) is 0. The first kappa shape index (κ1) is 14.4. The summed E-state index contributed by atoms with van der Waals surface area (Å²) in [6.45, 7) is 1.11. The maximum Gasteiger partial charge on any atom is 0.341 e. The zero-order valence-corrected chi connectivity index (χ0v) is 11.4. The van der Waals surface area contributed by atoms with Gasteiger partial charge in [-0.3, -0.25) is 0 Å². The standard InChI is InChI=1S/C15H16F2O4/c16-10-4-5-11(12(17)9-10)14(18)21-13-3-1-7-19-15(13)6-2-8-20-15/h4-5,9,13H,1-3,6-8H2. The summed E-state index contributed by atoms with van der Waals surface area (Å²) in [4.78, 5) is 12.1. The van der Waals surface area contributed by atoms with E-state index < -0.39 is 29.5 Å². The summed E-state index contributed by atoms with van der Waals surface area (Å²) in [5.74, 6) is -3.39. The van der Waals surface area contributed by atoms with E-state index in [1.54, 1.807) is 0 Å². The zero-order valence-electron chi connectivity index (χ0n) is 11.4. The van der Waals surface area contributed by atoms with Gasteiger partial charge in [0.15, 0.2) is 6.10 Å². The Morgan fingerprint density at radius 3 is 2.71 bits per heavy atom. The molecule has 114 valence electrons. The van der Waals surface area contributed by atoms with E-state index in [1.165, 1.54) is 0 Å². The smallest absolute Gasteiger partial charge is 0.341 e. The first-order chi connectivity index (χ1) is 10.1. The Bertz CT molecular complexity index is 540. The Morgan fingerprint density at radius 1 is 1.24 bits per heavy atom. The lowest BCUT2D eigenvalue weighted by Gasteiger charge is -2.39. The molecule has 4 nitrogen and oxygen atoms in total. The summed E-state index contributed by atoms with van der Waals surface area (Å²) in [6.07, 6.45) is 2.27. The first-order valence-corrected chi connectivity index (χ1v) is 7.05. The van der Waals surface area contributed by atoms with E-state index in [0.29, 0.717) is 32.1 Å². The minimum absolute atomic E-state index is 0.282. The molecule has 1 aromatic rings. The molecular weight excluding hydrogens is 282 g/mol. The molecule has 1 aromatic carbocycles. The quantitative estimate of drug-likeness (QED) is 0.788. The lowest BCUT2D eigenvalue weighted by atomic mass is 9.99. The third kappa shape index (κ3) is 2.78. The van der Waals surface area contributed by atoms with Crippen LogP contribution in [0.5, 0.6) is 0 Å². The average molecular weight is 298 g/mol. The molecule has 2 saturated heterocycles. The summed E-state index contributed by atoms with van der Waals surface area (Å²) >= 11 is 0. The zero-order chi connectivity index (χ0) is 14.9. The maximum atomic E-state index is 13.6. The van der Waals surface area contributed by atoms with Crippen molar-refractivity contribution in [2.75, 3.05) is 13.2 Å². The highest BCUT2D eigenvalue weighted by Crippen LogP contribution is 2.37. The SMILES string of the molecule is O=C(OC1CCCOC12CCCO2)c1ccc(F)cc1F. The van der Waals surface area contributed by atoms with Gasteiger partial charge in [-0.2, -0.15) is 0 Å². The minimum atomic E-state index is -0.932. The van der Waals surface area contributed by atoms with Gasteiger partial charge in [0.05, 0.1) is 18.8 Å². The summed E-state index contributed by atoms with van der Waals surface area (Å²) in [5, 5.41) is 0. The molecule has 1 spiro atoms. The highest BCUT2D eigenvalue weighted by atomic mass is 19.1. The van der Waals surface area contributed by atoms with E-state index in [4.69, 9.17) is 14.2 Å². The highest BCUT2D eigenvalue weighted by Gasteiger charge is 2.48. The maximum absolute atomic E-state index is 13.6. The lowest BCUT2D eigenvalue weighted by molar-refractivity contribution is -0.277. The van der Waals surface area contributed by atoms with Gasteiger partial charge in [-0.25, -0.2) is 13.6 Å². The molecule has 0 aliphatic carbocycles. The van der Waals surface area contributed by atoms with Crippen LogP contribution in [-0.2, 0) is 14.2 Å². The summed E-state index contributed by atoms with van der Waals surface area (Å²) in [5.41, 5.74) is -0.282. The molecule has 2 aliphatic rings. The molecule has 2 heterocycles. The molecule has 0 amide bonds. The number of halogens is 2. The Labute approximate surface area is 121 Å². The highest BCUT2D eigenvalue weighted by molar-refractivity contribution is 5.89. The van der Waals surface area contributed by atoms with Crippen LogP contribution >= 0.6 is 0 Å². The van der Waals surface area contributed by atoms with Crippen LogP contribution in [-0.4, -0.2) is 31.1 Å². The largest absolute Gasteiger partial charge is 0.453 e.